The van der Waals surface area contributed by atoms with Crippen LogP contribution in [0, 0.1) is 11.8 Å². The number of thiophene rings is 1. The van der Waals surface area contributed by atoms with Crippen LogP contribution in [0.15, 0.2) is 41.3 Å². The van der Waals surface area contributed by atoms with Crippen molar-refractivity contribution in [2.24, 2.45) is 0 Å². The van der Waals surface area contributed by atoms with Crippen molar-refractivity contribution in [1.29, 1.82) is 0 Å². The van der Waals surface area contributed by atoms with Crippen LogP contribution >= 0.6 is 11.3 Å². The minimum Gasteiger partial charge on any atom is -0.488 e. The van der Waals surface area contributed by atoms with Crippen molar-refractivity contribution in [3.63, 3.8) is 0 Å². The van der Waals surface area contributed by atoms with Gasteiger partial charge in [-0.05, 0) is 30.3 Å². The fraction of sp³-hybridized carbons (Fsp3) is 0.200. The molecule has 1 aromatic heterocycles. The maximum atomic E-state index is 11.5. The second kappa shape index (κ2) is 6.76. The van der Waals surface area contributed by atoms with Gasteiger partial charge in [-0.25, -0.2) is 8.42 Å². The summed E-state index contributed by atoms with van der Waals surface area (Å²) in [5, 5.41) is 8.64. The molecule has 2 rings (SSSR count). The number of hydrogen-bond donors (Lipinski definition) is 1. The van der Waals surface area contributed by atoms with E-state index in [1.165, 1.54) is 23.5 Å². The number of ether oxygens (including phenoxy) is 1. The molecule has 0 spiro atoms. The van der Waals surface area contributed by atoms with Crippen LogP contribution in [0.2, 0.25) is 0 Å². The summed E-state index contributed by atoms with van der Waals surface area (Å²) < 4.78 is 28.5. The molecular weight excluding hydrogens is 308 g/mol. The Balaban J connectivity index is 2.05. The highest BCUT2D eigenvalue weighted by Gasteiger charge is 2.08. The Morgan fingerprint density at radius 3 is 2.81 bits per heavy atom. The Bertz CT molecular complexity index is 779. The lowest BCUT2D eigenvalue weighted by Crippen LogP contribution is -1.98. The lowest BCUT2D eigenvalue weighted by Gasteiger charge is -2.06. The minimum atomic E-state index is -3.23. The molecule has 21 heavy (non-hydrogen) atoms. The molecule has 4 nitrogen and oxygen atoms in total. The van der Waals surface area contributed by atoms with E-state index in [1.54, 1.807) is 12.1 Å². The van der Waals surface area contributed by atoms with Gasteiger partial charge in [0.1, 0.15) is 19.0 Å². The maximum absolute atomic E-state index is 11.5. The minimum absolute atomic E-state index is 0.165. The van der Waals surface area contributed by atoms with E-state index in [0.29, 0.717) is 12.4 Å². The van der Waals surface area contributed by atoms with Gasteiger partial charge >= 0.3 is 0 Å². The van der Waals surface area contributed by atoms with Gasteiger partial charge in [-0.3, -0.25) is 0 Å². The van der Waals surface area contributed by atoms with Crippen LogP contribution in [0.4, 0.5) is 0 Å². The van der Waals surface area contributed by atoms with Crippen LogP contribution in [-0.2, 0) is 16.4 Å². The van der Waals surface area contributed by atoms with Crippen molar-refractivity contribution in [3.05, 3.63) is 46.2 Å². The summed E-state index contributed by atoms with van der Waals surface area (Å²) in [6.07, 6.45) is 1.16. The molecule has 2 aromatic rings. The zero-order valence-electron chi connectivity index (χ0n) is 11.4. The molecule has 1 heterocycles. The predicted octanol–water partition coefficient (Wildman–Crippen LogP) is 2.07. The van der Waals surface area contributed by atoms with Crippen LogP contribution in [0.1, 0.15) is 9.75 Å². The number of sulfone groups is 1. The Labute approximate surface area is 127 Å². The quantitative estimate of drug-likeness (QED) is 0.875. The van der Waals surface area contributed by atoms with Crippen LogP contribution in [0.3, 0.4) is 0 Å². The monoisotopic (exact) mass is 322 g/mol. The smallest absolute Gasteiger partial charge is 0.175 e. The zero-order valence-corrected chi connectivity index (χ0v) is 13.0. The van der Waals surface area contributed by atoms with Gasteiger partial charge < -0.3 is 9.84 Å². The summed E-state index contributed by atoms with van der Waals surface area (Å²) in [5.41, 5.74) is 0. The predicted molar refractivity (Wildman–Crippen MR) is 82.2 cm³/mol. The highest BCUT2D eigenvalue weighted by Crippen LogP contribution is 2.21. The van der Waals surface area contributed by atoms with Gasteiger partial charge in [0, 0.05) is 11.1 Å². The number of hydrogen-bond acceptors (Lipinski definition) is 5. The summed E-state index contributed by atoms with van der Waals surface area (Å²) in [4.78, 5) is 2.07. The largest absolute Gasteiger partial charge is 0.488 e. The third-order valence-electron chi connectivity index (χ3n) is 2.57. The van der Waals surface area contributed by atoms with Crippen LogP contribution in [0.5, 0.6) is 5.75 Å². The fourth-order valence-corrected chi connectivity index (χ4v) is 3.05. The summed E-state index contributed by atoms with van der Waals surface area (Å²) >= 11 is 1.47. The summed E-state index contributed by atoms with van der Waals surface area (Å²) in [6, 6.07) is 10.2. The molecule has 0 atom stereocenters. The topological polar surface area (TPSA) is 63.6 Å². The molecule has 0 fully saturated rings. The highest BCUT2D eigenvalue weighted by molar-refractivity contribution is 7.90. The molecule has 0 unspecified atom stereocenters. The average molecular weight is 322 g/mol. The van der Waals surface area contributed by atoms with E-state index >= 15 is 0 Å². The van der Waals surface area contributed by atoms with E-state index in [0.717, 1.165) is 16.0 Å². The van der Waals surface area contributed by atoms with Gasteiger partial charge in [-0.15, -0.1) is 11.3 Å². The lowest BCUT2D eigenvalue weighted by molar-refractivity contribution is 0.309. The second-order valence-corrected chi connectivity index (χ2v) is 7.45. The number of benzene rings is 1. The Kier molecular flexibility index (Phi) is 5.02. The maximum Gasteiger partial charge on any atom is 0.175 e. The van der Waals surface area contributed by atoms with E-state index in [-0.39, 0.29) is 11.5 Å². The molecule has 0 amide bonds. The third-order valence-corrected chi connectivity index (χ3v) is 4.65. The molecule has 0 saturated carbocycles. The molecule has 0 aliphatic heterocycles. The van der Waals surface area contributed by atoms with Gasteiger partial charge in [0.05, 0.1) is 9.77 Å². The van der Waals surface area contributed by atoms with Crippen molar-refractivity contribution < 1.29 is 18.3 Å². The first-order valence-electron chi connectivity index (χ1n) is 6.10. The average Bonchev–Trinajstić information content (AvgIpc) is 2.90. The van der Waals surface area contributed by atoms with Gasteiger partial charge in [0.25, 0.3) is 0 Å². The van der Waals surface area contributed by atoms with E-state index in [4.69, 9.17) is 9.84 Å². The molecule has 0 aliphatic carbocycles. The van der Waals surface area contributed by atoms with Gasteiger partial charge in [-0.2, -0.15) is 0 Å². The fourth-order valence-electron chi connectivity index (χ4n) is 1.60. The Hall–Kier alpha value is -1.81. The van der Waals surface area contributed by atoms with Crippen molar-refractivity contribution in [2.75, 3.05) is 12.9 Å². The number of aliphatic hydroxyl groups is 1. The Morgan fingerprint density at radius 2 is 2.10 bits per heavy atom. The van der Waals surface area contributed by atoms with Crippen molar-refractivity contribution in [3.8, 4) is 17.6 Å². The molecule has 6 heteroatoms. The highest BCUT2D eigenvalue weighted by atomic mass is 32.2. The Morgan fingerprint density at radius 1 is 1.29 bits per heavy atom. The SMILES string of the molecule is CS(=O)(=O)c1cccc(OCc2ccc(C#CCO)s2)c1. The number of aliphatic hydroxyl groups excluding tert-OH is 1. The third kappa shape index (κ3) is 4.60. The first-order valence-corrected chi connectivity index (χ1v) is 8.81. The van der Waals surface area contributed by atoms with Gasteiger partial charge in [0.15, 0.2) is 9.84 Å². The van der Waals surface area contributed by atoms with Crippen LogP contribution in [-0.4, -0.2) is 26.4 Å². The summed E-state index contributed by atoms with van der Waals surface area (Å²) in [7, 11) is -3.23. The summed E-state index contributed by atoms with van der Waals surface area (Å²) in [5.74, 6) is 5.92. The molecule has 1 N–H and O–H groups in total. The molecular formula is C15H14O4S2. The molecule has 0 aliphatic rings. The summed E-state index contributed by atoms with van der Waals surface area (Å²) in [6.45, 7) is 0.181. The van der Waals surface area contributed by atoms with Crippen molar-refractivity contribution in [1.82, 2.24) is 0 Å². The first-order chi connectivity index (χ1) is 9.99. The van der Waals surface area contributed by atoms with Gasteiger partial charge in [-0.1, -0.05) is 17.9 Å². The zero-order chi connectivity index (χ0) is 15.3. The lowest BCUT2D eigenvalue weighted by atomic mass is 10.3. The van der Waals surface area contributed by atoms with E-state index in [9.17, 15) is 8.42 Å². The van der Waals surface area contributed by atoms with Gasteiger partial charge in [0.2, 0.25) is 0 Å². The molecule has 0 bridgehead atoms. The van der Waals surface area contributed by atoms with Crippen molar-refractivity contribution >= 4 is 21.2 Å². The first kappa shape index (κ1) is 15.6. The number of rotatable bonds is 4. The molecule has 1 aromatic carbocycles. The van der Waals surface area contributed by atoms with E-state index < -0.39 is 9.84 Å². The van der Waals surface area contributed by atoms with Crippen LogP contribution < -0.4 is 4.74 Å². The van der Waals surface area contributed by atoms with Crippen LogP contribution in [0.25, 0.3) is 0 Å². The molecule has 0 radical (unpaired) electrons. The van der Waals surface area contributed by atoms with E-state index in [2.05, 4.69) is 11.8 Å². The van der Waals surface area contributed by atoms with E-state index in [1.807, 2.05) is 12.1 Å². The standard InChI is InChI=1S/C15H14O4S2/c1-21(17,18)15-6-2-4-12(10-15)19-11-14-8-7-13(20-14)5-3-9-16/h2,4,6-8,10,16H,9,11H2,1H3. The second-order valence-electron chi connectivity index (χ2n) is 4.26. The normalized spacial score (nSPS) is 10.8. The van der Waals surface area contributed by atoms with Crippen molar-refractivity contribution in [2.45, 2.75) is 11.5 Å². The molecule has 110 valence electrons. The molecule has 0 saturated heterocycles.